The van der Waals surface area contributed by atoms with Crippen LogP contribution in [0.25, 0.3) is 89.5 Å². The van der Waals surface area contributed by atoms with Gasteiger partial charge in [0.2, 0.25) is 22.8 Å². The van der Waals surface area contributed by atoms with Gasteiger partial charge < -0.3 is 0 Å². The van der Waals surface area contributed by atoms with Gasteiger partial charge in [-0.25, -0.2) is 18.3 Å². The summed E-state index contributed by atoms with van der Waals surface area (Å²) in [6, 6.07) is 87.8. The van der Waals surface area contributed by atoms with Crippen LogP contribution >= 0.6 is 0 Å². The Labute approximate surface area is 563 Å². The zero-order valence-corrected chi connectivity index (χ0v) is 58.2. The second-order valence-electron chi connectivity index (χ2n) is 26.7. The van der Waals surface area contributed by atoms with Gasteiger partial charge in [-0.1, -0.05) is 217 Å². The Bertz CT molecular complexity index is 4520. The summed E-state index contributed by atoms with van der Waals surface area (Å²) in [5, 5.41) is 0. The maximum atomic E-state index is 2.40. The molecule has 12 aromatic rings. The van der Waals surface area contributed by atoms with Crippen molar-refractivity contribution >= 4 is 0 Å². The van der Waals surface area contributed by atoms with Crippen molar-refractivity contribution in [2.45, 2.75) is 113 Å². The van der Waals surface area contributed by atoms with Gasteiger partial charge in [0, 0.05) is 68.8 Å². The number of benzene rings is 8. The Kier molecular flexibility index (Phi) is 22.7. The van der Waals surface area contributed by atoms with E-state index in [1.807, 2.05) is 0 Å². The highest BCUT2D eigenvalue weighted by Gasteiger charge is 2.21. The maximum Gasteiger partial charge on any atom is 0.212 e. The van der Waals surface area contributed by atoms with E-state index in [-0.39, 0.29) is 0 Å². The Morgan fingerprint density at radius 1 is 0.330 bits per heavy atom. The molecule has 0 spiro atoms. The van der Waals surface area contributed by atoms with Crippen molar-refractivity contribution in [2.24, 2.45) is 34.1 Å². The first-order valence-corrected chi connectivity index (χ1v) is 34.1. The molecule has 0 N–H and O–H groups in total. The Morgan fingerprint density at radius 2 is 0.660 bits per heavy atom. The topological polar surface area (TPSA) is 15.5 Å². The molecule has 8 aromatic carbocycles. The second kappa shape index (κ2) is 31.8. The molecule has 0 saturated heterocycles. The first-order chi connectivity index (χ1) is 45.5. The summed E-state index contributed by atoms with van der Waals surface area (Å²) >= 11 is 0. The molecular weight excluding hydrogens is 1140 g/mol. The number of pyridine rings is 4. The van der Waals surface area contributed by atoms with Crippen LogP contribution in [0.2, 0.25) is 0 Å². The fraction of sp³-hybridized carbons (Fsp3) is 0.244. The normalized spacial score (nSPS) is 11.9. The van der Waals surface area contributed by atoms with E-state index in [4.69, 9.17) is 0 Å². The van der Waals surface area contributed by atoms with Crippen molar-refractivity contribution in [1.29, 1.82) is 0 Å². The third-order valence-electron chi connectivity index (χ3n) is 18.7. The summed E-state index contributed by atoms with van der Waals surface area (Å²) in [4.78, 5) is 0. The van der Waals surface area contributed by atoms with Crippen molar-refractivity contribution in [3.05, 3.63) is 312 Å². The monoisotopic (exact) mass is 1230 g/mol. The van der Waals surface area contributed by atoms with Crippen LogP contribution in [0, 0.1) is 33.6 Å². The molecule has 1 fully saturated rings. The molecule has 0 aliphatic heterocycles. The van der Waals surface area contributed by atoms with Gasteiger partial charge in [-0.05, 0) is 186 Å². The fourth-order valence-corrected chi connectivity index (χ4v) is 13.3. The van der Waals surface area contributed by atoms with Gasteiger partial charge in [0.15, 0.2) is 24.8 Å². The van der Waals surface area contributed by atoms with Gasteiger partial charge in [0.1, 0.15) is 28.2 Å². The predicted molar refractivity (Wildman–Crippen MR) is 396 cm³/mol. The van der Waals surface area contributed by atoms with E-state index < -0.39 is 0 Å². The van der Waals surface area contributed by atoms with Crippen LogP contribution in [0.1, 0.15) is 117 Å². The Morgan fingerprint density at radius 3 is 1.01 bits per heavy atom. The van der Waals surface area contributed by atoms with Crippen molar-refractivity contribution in [1.82, 2.24) is 0 Å². The average Bonchev–Trinajstić information content (AvgIpc) is 1.04. The van der Waals surface area contributed by atoms with Gasteiger partial charge >= 0.3 is 0 Å². The van der Waals surface area contributed by atoms with Gasteiger partial charge in [-0.15, -0.1) is 0 Å². The smallest absolute Gasteiger partial charge is 0.200 e. The quantitative estimate of drug-likeness (QED) is 0.102. The highest BCUT2D eigenvalue weighted by molar-refractivity contribution is 5.71. The predicted octanol–water partition coefficient (Wildman–Crippen LogP) is 21.2. The molecule has 1 aliphatic rings. The molecule has 0 unspecified atom stereocenters. The van der Waals surface area contributed by atoms with E-state index in [9.17, 15) is 0 Å². The summed E-state index contributed by atoms with van der Waals surface area (Å²) in [6.45, 7) is 19.9. The first-order valence-electron chi connectivity index (χ1n) is 34.1. The standard InChI is InChI=1S/C24H26N.C23H26N.C22H24N.C21H22N/c1-18-8-3-6-13-23(18)24-15-14-22(17-25(24)2)21-12-7-11-20(16-21)19-9-4-5-10-19;1-17(2)14-19-9-7-10-20(15-19)21-12-13-23(24(4)16-21)22-11-6-5-8-18(22)3;1-16(2)18-9-7-10-19(14-18)20-12-13-22(23(4)15-20)21-11-6-5-8-17(21)3;1-4-17-9-7-10-18(14-17)19-12-13-21(22(3)15-19)20-11-6-5-8-16(20)2/h3,6-8,11-17,19H,4-5,9-10H2,1-2H3;5-13,15-17H,14H2,1-4H3;5-16H,1-4H3;5-15H,4H2,1-3H3/q4*+1. The fourth-order valence-electron chi connectivity index (χ4n) is 13.3. The largest absolute Gasteiger partial charge is 0.212 e. The van der Waals surface area contributed by atoms with Crippen LogP contribution in [0.5, 0.6) is 0 Å². The maximum absolute atomic E-state index is 2.40. The minimum Gasteiger partial charge on any atom is -0.200 e. The van der Waals surface area contributed by atoms with Crippen LogP contribution in [-0.4, -0.2) is 0 Å². The summed E-state index contributed by atoms with van der Waals surface area (Å²) in [5.41, 5.74) is 31.3. The van der Waals surface area contributed by atoms with E-state index in [1.165, 1.54) is 160 Å². The van der Waals surface area contributed by atoms with Gasteiger partial charge in [-0.2, -0.15) is 0 Å². The van der Waals surface area contributed by atoms with Crippen LogP contribution in [0.3, 0.4) is 0 Å². The molecule has 4 nitrogen and oxygen atoms in total. The lowest BCUT2D eigenvalue weighted by molar-refractivity contribution is -0.660. The second-order valence-corrected chi connectivity index (χ2v) is 26.7. The minimum absolute atomic E-state index is 0.551. The molecule has 1 aliphatic carbocycles. The number of aryl methyl sites for hydroxylation is 9. The van der Waals surface area contributed by atoms with Crippen LogP contribution < -0.4 is 18.3 Å². The molecule has 4 aromatic heterocycles. The van der Waals surface area contributed by atoms with E-state index in [0.29, 0.717) is 11.8 Å². The van der Waals surface area contributed by atoms with Crippen molar-refractivity contribution in [3.8, 4) is 89.5 Å². The molecular formula is C90H98N4+4. The van der Waals surface area contributed by atoms with Crippen LogP contribution in [-0.2, 0) is 41.0 Å². The molecule has 474 valence electrons. The summed E-state index contributed by atoms with van der Waals surface area (Å²) in [6.07, 6.45) is 16.6. The number of hydrogen-bond acceptors (Lipinski definition) is 0. The molecule has 4 heteroatoms. The van der Waals surface area contributed by atoms with E-state index in [0.717, 1.165) is 18.8 Å². The van der Waals surface area contributed by atoms with Crippen molar-refractivity contribution < 1.29 is 18.3 Å². The summed E-state index contributed by atoms with van der Waals surface area (Å²) in [5.74, 6) is 2.00. The van der Waals surface area contributed by atoms with Crippen molar-refractivity contribution in [2.75, 3.05) is 0 Å². The number of aromatic nitrogens is 4. The SMILES string of the molecule is CCc1cccc(-c2ccc(-c3ccccc3C)[n+](C)c2)c1.Cc1ccccc1-c1ccc(-c2cccc(C(C)C)c2)c[n+]1C.Cc1ccccc1-c1ccc(-c2cccc(C3CCCC3)c2)c[n+]1C.Cc1ccccc1-c1ccc(-c2cccc(CC(C)C)c2)c[n+]1C. The van der Waals surface area contributed by atoms with Crippen LogP contribution in [0.15, 0.2) is 267 Å². The van der Waals surface area contributed by atoms with Gasteiger partial charge in [0.05, 0.1) is 0 Å². The third-order valence-corrected chi connectivity index (χ3v) is 18.7. The lowest BCUT2D eigenvalue weighted by Gasteiger charge is -2.11. The average molecular weight is 1240 g/mol. The number of hydrogen-bond donors (Lipinski definition) is 0. The van der Waals surface area contributed by atoms with E-state index >= 15 is 0 Å². The summed E-state index contributed by atoms with van der Waals surface area (Å²) in [7, 11) is 8.52. The highest BCUT2D eigenvalue weighted by atomic mass is 14.9. The molecule has 0 atom stereocenters. The molecule has 1 saturated carbocycles. The Hall–Kier alpha value is -9.64. The molecule has 0 bridgehead atoms. The van der Waals surface area contributed by atoms with Crippen molar-refractivity contribution in [3.63, 3.8) is 0 Å². The molecule has 94 heavy (non-hydrogen) atoms. The third kappa shape index (κ3) is 16.9. The lowest BCUT2D eigenvalue weighted by atomic mass is 9.94. The summed E-state index contributed by atoms with van der Waals surface area (Å²) < 4.78 is 8.92. The van der Waals surface area contributed by atoms with Gasteiger partial charge in [-0.3, -0.25) is 0 Å². The van der Waals surface area contributed by atoms with Gasteiger partial charge in [0.25, 0.3) is 0 Å². The Balaban J connectivity index is 0.000000137. The minimum atomic E-state index is 0.551. The van der Waals surface area contributed by atoms with Crippen LogP contribution in [0.4, 0.5) is 0 Å². The van der Waals surface area contributed by atoms with E-state index in [1.54, 1.807) is 0 Å². The highest BCUT2D eigenvalue weighted by Crippen LogP contribution is 2.36. The zero-order chi connectivity index (χ0) is 66.3. The number of nitrogens with zero attached hydrogens (tertiary/aromatic N) is 4. The molecule has 0 amide bonds. The lowest BCUT2D eigenvalue weighted by Crippen LogP contribution is -2.30. The molecule has 4 heterocycles. The number of rotatable bonds is 13. The molecule has 13 rings (SSSR count). The van der Waals surface area contributed by atoms with E-state index in [2.05, 4.69) is 376 Å². The molecule has 0 radical (unpaired) electrons. The first kappa shape index (κ1) is 67.3. The zero-order valence-electron chi connectivity index (χ0n) is 58.2.